The van der Waals surface area contributed by atoms with E-state index in [2.05, 4.69) is 51.9 Å². The molecule has 148 valence electrons. The van der Waals surface area contributed by atoms with Gasteiger partial charge in [-0.15, -0.1) is 0 Å². The molecule has 2 aromatic rings. The van der Waals surface area contributed by atoms with Crippen LogP contribution in [0.2, 0.25) is 0 Å². The highest BCUT2D eigenvalue weighted by Crippen LogP contribution is 2.41. The average Bonchev–Trinajstić information content (AvgIpc) is 3.53. The Hall–Kier alpha value is -1.98. The third kappa shape index (κ3) is 4.89. The molecule has 2 fully saturated rings. The normalized spacial score (nSPS) is 23.2. The van der Waals surface area contributed by atoms with Gasteiger partial charge in [0.1, 0.15) is 5.67 Å². The fourth-order valence-electron chi connectivity index (χ4n) is 3.98. The third-order valence-corrected chi connectivity index (χ3v) is 6.34. The van der Waals surface area contributed by atoms with Crippen molar-refractivity contribution in [1.82, 2.24) is 15.5 Å². The minimum atomic E-state index is -1.13. The molecule has 0 bridgehead atoms. The van der Waals surface area contributed by atoms with Gasteiger partial charge >= 0.3 is 0 Å². The highest BCUT2D eigenvalue weighted by molar-refractivity contribution is 7.80. The zero-order valence-corrected chi connectivity index (χ0v) is 16.9. The van der Waals surface area contributed by atoms with E-state index in [1.165, 1.54) is 11.1 Å². The summed E-state index contributed by atoms with van der Waals surface area (Å²) in [6.45, 7) is 2.50. The van der Waals surface area contributed by atoms with E-state index < -0.39 is 5.67 Å². The van der Waals surface area contributed by atoms with Crippen LogP contribution in [0.1, 0.15) is 36.3 Å². The van der Waals surface area contributed by atoms with Crippen LogP contribution in [0.3, 0.4) is 0 Å². The van der Waals surface area contributed by atoms with E-state index in [0.717, 1.165) is 11.5 Å². The summed E-state index contributed by atoms with van der Waals surface area (Å²) >= 11 is 5.51. The zero-order valence-electron chi connectivity index (χ0n) is 16.1. The van der Waals surface area contributed by atoms with Crippen LogP contribution in [0.5, 0.6) is 0 Å². The predicted octanol–water partition coefficient (Wildman–Crippen LogP) is 4.01. The van der Waals surface area contributed by atoms with Crippen LogP contribution in [0, 0.1) is 0 Å². The SMILES string of the molecule is FC1(CNC2CC2c2ccccc2)CCN(C(=S)NCc2ccccc2)CC1. The molecule has 3 nitrogen and oxygen atoms in total. The number of alkyl halides is 1. The Morgan fingerprint density at radius 2 is 1.68 bits per heavy atom. The second-order valence-corrected chi connectivity index (χ2v) is 8.41. The lowest BCUT2D eigenvalue weighted by molar-refractivity contribution is 0.0828. The summed E-state index contributed by atoms with van der Waals surface area (Å²) in [7, 11) is 0. The second kappa shape index (κ2) is 8.58. The van der Waals surface area contributed by atoms with Crippen molar-refractivity contribution in [3.63, 3.8) is 0 Å². The third-order valence-electron chi connectivity index (χ3n) is 5.93. The van der Waals surface area contributed by atoms with E-state index in [1.807, 2.05) is 24.3 Å². The van der Waals surface area contributed by atoms with Crippen molar-refractivity contribution in [3.05, 3.63) is 71.8 Å². The number of hydrogen-bond acceptors (Lipinski definition) is 2. The van der Waals surface area contributed by atoms with Crippen molar-refractivity contribution in [2.45, 2.75) is 43.4 Å². The molecule has 2 aromatic carbocycles. The fraction of sp³-hybridized carbons (Fsp3) is 0.435. The summed E-state index contributed by atoms with van der Waals surface area (Å²) < 4.78 is 15.2. The van der Waals surface area contributed by atoms with E-state index in [9.17, 15) is 0 Å². The van der Waals surface area contributed by atoms with Crippen LogP contribution in [0.15, 0.2) is 60.7 Å². The summed E-state index contributed by atoms with van der Waals surface area (Å²) in [6.07, 6.45) is 2.16. The molecule has 0 aromatic heterocycles. The minimum Gasteiger partial charge on any atom is -0.358 e. The maximum atomic E-state index is 15.2. The summed E-state index contributed by atoms with van der Waals surface area (Å²) in [4.78, 5) is 2.10. The number of likely N-dealkylation sites (tertiary alicyclic amines) is 1. The van der Waals surface area contributed by atoms with E-state index in [4.69, 9.17) is 12.2 Å². The first kappa shape index (κ1) is 19.3. The molecule has 2 aliphatic rings. The van der Waals surface area contributed by atoms with Crippen LogP contribution in [-0.4, -0.2) is 41.4 Å². The van der Waals surface area contributed by atoms with Crippen molar-refractivity contribution in [2.75, 3.05) is 19.6 Å². The molecule has 2 unspecified atom stereocenters. The molecule has 1 aliphatic carbocycles. The largest absolute Gasteiger partial charge is 0.358 e. The monoisotopic (exact) mass is 397 g/mol. The fourth-order valence-corrected chi connectivity index (χ4v) is 4.23. The van der Waals surface area contributed by atoms with Gasteiger partial charge in [-0.1, -0.05) is 60.7 Å². The standard InChI is InChI=1S/C23H28FN3S/c24-23(17-26-21-15-20(21)19-9-5-2-6-10-19)11-13-27(14-12-23)22(28)25-16-18-7-3-1-4-8-18/h1-10,20-21,26H,11-17H2,(H,25,28). The highest BCUT2D eigenvalue weighted by Gasteiger charge is 2.41. The van der Waals surface area contributed by atoms with Crippen LogP contribution in [0.25, 0.3) is 0 Å². The first-order valence-electron chi connectivity index (χ1n) is 10.2. The Labute approximate surface area is 172 Å². The molecule has 1 heterocycles. The highest BCUT2D eigenvalue weighted by atomic mass is 32.1. The molecule has 2 N–H and O–H groups in total. The molecule has 0 spiro atoms. The van der Waals surface area contributed by atoms with Gasteiger partial charge in [0.15, 0.2) is 5.11 Å². The number of benzene rings is 2. The summed E-state index contributed by atoms with van der Waals surface area (Å²) in [5, 5.41) is 7.49. The van der Waals surface area contributed by atoms with Gasteiger partial charge in [0.2, 0.25) is 0 Å². The van der Waals surface area contributed by atoms with Gasteiger partial charge in [-0.25, -0.2) is 4.39 Å². The molecule has 1 saturated carbocycles. The second-order valence-electron chi connectivity index (χ2n) is 8.02. The number of hydrogen-bond donors (Lipinski definition) is 2. The van der Waals surface area contributed by atoms with Crippen molar-refractivity contribution < 1.29 is 4.39 Å². The molecule has 0 amide bonds. The Balaban J connectivity index is 1.18. The number of piperidine rings is 1. The Morgan fingerprint density at radius 3 is 2.36 bits per heavy atom. The maximum absolute atomic E-state index is 15.2. The zero-order chi connectivity index (χ0) is 19.4. The van der Waals surface area contributed by atoms with Crippen LogP contribution >= 0.6 is 12.2 Å². The Morgan fingerprint density at radius 1 is 1.04 bits per heavy atom. The first-order valence-corrected chi connectivity index (χ1v) is 10.6. The van der Waals surface area contributed by atoms with Crippen molar-refractivity contribution in [2.24, 2.45) is 0 Å². The molecule has 4 rings (SSSR count). The van der Waals surface area contributed by atoms with E-state index >= 15 is 4.39 Å². The van der Waals surface area contributed by atoms with Gasteiger partial charge in [0, 0.05) is 51.0 Å². The lowest BCUT2D eigenvalue weighted by Crippen LogP contribution is -2.51. The van der Waals surface area contributed by atoms with Crippen LogP contribution in [-0.2, 0) is 6.54 Å². The molecule has 0 radical (unpaired) electrons. The van der Waals surface area contributed by atoms with Crippen LogP contribution in [0.4, 0.5) is 4.39 Å². The number of halogens is 1. The van der Waals surface area contributed by atoms with Crippen LogP contribution < -0.4 is 10.6 Å². The first-order chi connectivity index (χ1) is 13.6. The van der Waals surface area contributed by atoms with Gasteiger partial charge in [0.25, 0.3) is 0 Å². The molecule has 28 heavy (non-hydrogen) atoms. The van der Waals surface area contributed by atoms with Gasteiger partial charge < -0.3 is 15.5 Å². The van der Waals surface area contributed by atoms with Gasteiger partial charge in [-0.2, -0.15) is 0 Å². The van der Waals surface area contributed by atoms with Gasteiger partial charge in [-0.3, -0.25) is 0 Å². The Bertz CT molecular complexity index is 775. The lowest BCUT2D eigenvalue weighted by atomic mass is 9.93. The maximum Gasteiger partial charge on any atom is 0.169 e. The van der Waals surface area contributed by atoms with Crippen molar-refractivity contribution in [3.8, 4) is 0 Å². The minimum absolute atomic E-state index is 0.418. The molecular formula is C23H28FN3S. The summed E-state index contributed by atoms with van der Waals surface area (Å²) in [5.41, 5.74) is 1.43. The molecule has 5 heteroatoms. The van der Waals surface area contributed by atoms with Crippen molar-refractivity contribution >= 4 is 17.3 Å². The quantitative estimate of drug-likeness (QED) is 0.720. The lowest BCUT2D eigenvalue weighted by Gasteiger charge is -2.38. The topological polar surface area (TPSA) is 27.3 Å². The number of nitrogens with one attached hydrogen (secondary N) is 2. The molecular weight excluding hydrogens is 369 g/mol. The van der Waals surface area contributed by atoms with Gasteiger partial charge in [0.05, 0.1) is 0 Å². The summed E-state index contributed by atoms with van der Waals surface area (Å²) in [5.74, 6) is 0.541. The Kier molecular flexibility index (Phi) is 5.93. The van der Waals surface area contributed by atoms with Gasteiger partial charge in [-0.05, 0) is 29.8 Å². The molecule has 1 aliphatic heterocycles. The predicted molar refractivity (Wildman–Crippen MR) is 116 cm³/mol. The number of thiocarbonyl (C=S) groups is 1. The number of nitrogens with zero attached hydrogens (tertiary/aromatic N) is 1. The molecule has 2 atom stereocenters. The molecule has 1 saturated heterocycles. The van der Waals surface area contributed by atoms with E-state index in [0.29, 0.717) is 51.0 Å². The number of rotatable bonds is 6. The average molecular weight is 398 g/mol. The van der Waals surface area contributed by atoms with Crippen molar-refractivity contribution in [1.29, 1.82) is 0 Å². The summed E-state index contributed by atoms with van der Waals surface area (Å²) in [6, 6.07) is 21.1. The van der Waals surface area contributed by atoms with E-state index in [1.54, 1.807) is 0 Å². The smallest absolute Gasteiger partial charge is 0.169 e. The van der Waals surface area contributed by atoms with E-state index in [-0.39, 0.29) is 0 Å².